The highest BCUT2D eigenvalue weighted by Crippen LogP contribution is 2.32. The molecule has 2 atom stereocenters. The molecule has 0 spiro atoms. The van der Waals surface area contributed by atoms with Crippen molar-refractivity contribution in [2.45, 2.75) is 32.4 Å². The van der Waals surface area contributed by atoms with Crippen LogP contribution in [0.25, 0.3) is 0 Å². The Morgan fingerprint density at radius 1 is 1.10 bits per heavy atom. The van der Waals surface area contributed by atoms with Crippen molar-refractivity contribution in [2.24, 2.45) is 5.73 Å². The third-order valence-electron chi connectivity index (χ3n) is 3.08. The highest BCUT2D eigenvalue weighted by Gasteiger charge is 2.19. The van der Waals surface area contributed by atoms with Crippen LogP contribution in [-0.2, 0) is 0 Å². The van der Waals surface area contributed by atoms with Crippen molar-refractivity contribution in [1.82, 2.24) is 4.98 Å². The number of hydrogen-bond acceptors (Lipinski definition) is 4. The minimum atomic E-state index is -0.237. The Hall–Kier alpha value is -2.07. The maximum atomic E-state index is 6.11. The summed E-state index contributed by atoms with van der Waals surface area (Å²) in [4.78, 5) is 4.03. The minimum Gasteiger partial charge on any atom is -0.490 e. The van der Waals surface area contributed by atoms with Crippen LogP contribution in [0.2, 0.25) is 0 Å². The topological polar surface area (TPSA) is 57.4 Å². The molecule has 1 aromatic carbocycles. The van der Waals surface area contributed by atoms with E-state index in [1.54, 1.807) is 12.4 Å². The molecule has 0 radical (unpaired) electrons. The molecule has 0 aliphatic heterocycles. The SMILES string of the molecule is CCCOc1ccccc1OC(c1ccncc1)C(C)N. The summed E-state index contributed by atoms with van der Waals surface area (Å²) in [7, 11) is 0. The van der Waals surface area contributed by atoms with E-state index in [0.29, 0.717) is 12.4 Å². The second-order valence-electron chi connectivity index (χ2n) is 4.97. The highest BCUT2D eigenvalue weighted by molar-refractivity contribution is 5.40. The van der Waals surface area contributed by atoms with Crippen molar-refractivity contribution in [3.8, 4) is 11.5 Å². The molecule has 2 N–H and O–H groups in total. The van der Waals surface area contributed by atoms with E-state index in [0.717, 1.165) is 17.7 Å². The van der Waals surface area contributed by atoms with Gasteiger partial charge in [-0.2, -0.15) is 0 Å². The van der Waals surface area contributed by atoms with Gasteiger partial charge in [0.15, 0.2) is 11.5 Å². The zero-order valence-electron chi connectivity index (χ0n) is 12.5. The van der Waals surface area contributed by atoms with Crippen LogP contribution in [0.15, 0.2) is 48.8 Å². The van der Waals surface area contributed by atoms with Gasteiger partial charge in [0.25, 0.3) is 0 Å². The van der Waals surface area contributed by atoms with Crippen molar-refractivity contribution in [1.29, 1.82) is 0 Å². The van der Waals surface area contributed by atoms with Crippen molar-refractivity contribution < 1.29 is 9.47 Å². The minimum absolute atomic E-state index is 0.147. The van der Waals surface area contributed by atoms with Gasteiger partial charge >= 0.3 is 0 Å². The normalized spacial score (nSPS) is 13.5. The van der Waals surface area contributed by atoms with E-state index >= 15 is 0 Å². The fourth-order valence-electron chi connectivity index (χ4n) is 2.05. The van der Waals surface area contributed by atoms with Crippen LogP contribution < -0.4 is 15.2 Å². The Bertz CT molecular complexity index is 543. The largest absolute Gasteiger partial charge is 0.490 e. The smallest absolute Gasteiger partial charge is 0.162 e. The standard InChI is InChI=1S/C17H22N2O2/c1-3-12-20-15-6-4-5-7-16(15)21-17(13(2)18)14-8-10-19-11-9-14/h4-11,13,17H,3,12,18H2,1-2H3. The zero-order chi connectivity index (χ0) is 15.1. The number of rotatable bonds is 7. The molecule has 1 heterocycles. The number of pyridine rings is 1. The number of nitrogens with zero attached hydrogens (tertiary/aromatic N) is 1. The molecule has 2 unspecified atom stereocenters. The van der Waals surface area contributed by atoms with Gasteiger partial charge < -0.3 is 15.2 Å². The van der Waals surface area contributed by atoms with Crippen LogP contribution in [0.4, 0.5) is 0 Å². The lowest BCUT2D eigenvalue weighted by Crippen LogP contribution is -2.29. The van der Waals surface area contributed by atoms with Gasteiger partial charge in [0.1, 0.15) is 6.10 Å². The van der Waals surface area contributed by atoms with Crippen LogP contribution in [0, 0.1) is 0 Å². The average Bonchev–Trinajstić information content (AvgIpc) is 2.52. The molecule has 0 aliphatic rings. The van der Waals surface area contributed by atoms with Crippen molar-refractivity contribution in [2.75, 3.05) is 6.61 Å². The number of ether oxygens (including phenoxy) is 2. The molecule has 0 fully saturated rings. The summed E-state index contributed by atoms with van der Waals surface area (Å²) < 4.78 is 11.8. The fourth-order valence-corrected chi connectivity index (χ4v) is 2.05. The fraction of sp³-hybridized carbons (Fsp3) is 0.353. The predicted molar refractivity (Wildman–Crippen MR) is 83.5 cm³/mol. The lowest BCUT2D eigenvalue weighted by Gasteiger charge is -2.24. The molecule has 1 aromatic heterocycles. The van der Waals surface area contributed by atoms with E-state index in [1.807, 2.05) is 43.3 Å². The number of hydrogen-bond donors (Lipinski definition) is 1. The van der Waals surface area contributed by atoms with Gasteiger partial charge in [-0.25, -0.2) is 0 Å². The van der Waals surface area contributed by atoms with Crippen LogP contribution in [0.1, 0.15) is 31.9 Å². The Kier molecular flexibility index (Phi) is 5.58. The Morgan fingerprint density at radius 3 is 2.38 bits per heavy atom. The second kappa shape index (κ2) is 7.64. The van der Waals surface area contributed by atoms with E-state index < -0.39 is 0 Å². The van der Waals surface area contributed by atoms with Crippen molar-refractivity contribution in [3.63, 3.8) is 0 Å². The lowest BCUT2D eigenvalue weighted by atomic mass is 10.1. The first-order valence-corrected chi connectivity index (χ1v) is 7.26. The molecule has 4 nitrogen and oxygen atoms in total. The summed E-state index contributed by atoms with van der Waals surface area (Å²) in [6.45, 7) is 4.67. The molecular weight excluding hydrogens is 264 g/mol. The molecule has 21 heavy (non-hydrogen) atoms. The molecule has 2 aromatic rings. The van der Waals surface area contributed by atoms with Crippen molar-refractivity contribution >= 4 is 0 Å². The maximum Gasteiger partial charge on any atom is 0.162 e. The average molecular weight is 286 g/mol. The monoisotopic (exact) mass is 286 g/mol. The zero-order valence-corrected chi connectivity index (χ0v) is 12.5. The molecule has 112 valence electrons. The predicted octanol–water partition coefficient (Wildman–Crippen LogP) is 3.34. The van der Waals surface area contributed by atoms with Gasteiger partial charge in [-0.1, -0.05) is 19.1 Å². The molecule has 0 bridgehead atoms. The summed E-state index contributed by atoms with van der Waals surface area (Å²) in [6, 6.07) is 11.4. The second-order valence-corrected chi connectivity index (χ2v) is 4.97. The third-order valence-corrected chi connectivity index (χ3v) is 3.08. The third kappa shape index (κ3) is 4.20. The molecule has 0 aliphatic carbocycles. The van der Waals surface area contributed by atoms with Crippen LogP contribution in [-0.4, -0.2) is 17.6 Å². The summed E-state index contributed by atoms with van der Waals surface area (Å²) in [5.74, 6) is 1.46. The first kappa shape index (κ1) is 15.3. The molecule has 4 heteroatoms. The number of benzene rings is 1. The number of nitrogens with two attached hydrogens (primary N) is 1. The van der Waals surface area contributed by atoms with E-state index in [4.69, 9.17) is 15.2 Å². The molecule has 0 amide bonds. The van der Waals surface area contributed by atoms with Gasteiger partial charge in [0.05, 0.1) is 6.61 Å². The van der Waals surface area contributed by atoms with Crippen LogP contribution >= 0.6 is 0 Å². The van der Waals surface area contributed by atoms with Crippen LogP contribution in [0.3, 0.4) is 0 Å². The molecule has 2 rings (SSSR count). The summed E-state index contributed by atoms with van der Waals surface area (Å²) in [5.41, 5.74) is 7.09. The Morgan fingerprint density at radius 2 is 1.76 bits per heavy atom. The van der Waals surface area contributed by atoms with Gasteiger partial charge in [-0.3, -0.25) is 4.98 Å². The quantitative estimate of drug-likeness (QED) is 0.848. The van der Waals surface area contributed by atoms with Gasteiger partial charge in [0, 0.05) is 18.4 Å². The molecular formula is C17H22N2O2. The van der Waals surface area contributed by atoms with E-state index in [9.17, 15) is 0 Å². The van der Waals surface area contributed by atoms with Gasteiger partial charge in [0.2, 0.25) is 0 Å². The summed E-state index contributed by atoms with van der Waals surface area (Å²) >= 11 is 0. The Labute approximate surface area is 125 Å². The molecule has 0 saturated carbocycles. The highest BCUT2D eigenvalue weighted by atomic mass is 16.5. The first-order chi connectivity index (χ1) is 10.2. The van der Waals surface area contributed by atoms with Crippen LogP contribution in [0.5, 0.6) is 11.5 Å². The molecule has 0 saturated heterocycles. The first-order valence-electron chi connectivity index (χ1n) is 7.26. The number of aromatic nitrogens is 1. The van der Waals surface area contributed by atoms with E-state index in [-0.39, 0.29) is 12.1 Å². The van der Waals surface area contributed by atoms with Gasteiger partial charge in [-0.05, 0) is 43.2 Å². The van der Waals surface area contributed by atoms with E-state index in [1.165, 1.54) is 0 Å². The summed E-state index contributed by atoms with van der Waals surface area (Å²) in [5, 5.41) is 0. The van der Waals surface area contributed by atoms with Gasteiger partial charge in [-0.15, -0.1) is 0 Å². The lowest BCUT2D eigenvalue weighted by molar-refractivity contribution is 0.169. The number of para-hydroxylation sites is 2. The Balaban J connectivity index is 2.21. The van der Waals surface area contributed by atoms with Crippen molar-refractivity contribution in [3.05, 3.63) is 54.4 Å². The van der Waals surface area contributed by atoms with E-state index in [2.05, 4.69) is 11.9 Å². The summed E-state index contributed by atoms with van der Waals surface area (Å²) in [6.07, 6.45) is 4.20. The maximum absolute atomic E-state index is 6.11.